The van der Waals surface area contributed by atoms with Gasteiger partial charge in [0.15, 0.2) is 0 Å². The average Bonchev–Trinajstić information content (AvgIpc) is 2.20. The monoisotopic (exact) mass is 191 g/mol. The molecule has 1 aromatic carbocycles. The van der Waals surface area contributed by atoms with Gasteiger partial charge >= 0.3 is 0 Å². The maximum Gasteiger partial charge on any atom is 0.128 e. The van der Waals surface area contributed by atoms with Crippen LogP contribution in [0.15, 0.2) is 30.3 Å². The van der Waals surface area contributed by atoms with Crippen LogP contribution in [0.25, 0.3) is 0 Å². The summed E-state index contributed by atoms with van der Waals surface area (Å²) in [5.41, 5.74) is 0.0915. The first-order valence-corrected chi connectivity index (χ1v) is 5.49. The Morgan fingerprint density at radius 1 is 1.00 bits per heavy atom. The van der Waals surface area contributed by atoms with E-state index in [2.05, 4.69) is 13.8 Å². The second-order valence-electron chi connectivity index (χ2n) is 3.86. The Morgan fingerprint density at radius 2 is 1.50 bits per heavy atom. The van der Waals surface area contributed by atoms with E-state index in [1.807, 2.05) is 30.3 Å². The van der Waals surface area contributed by atoms with Crippen LogP contribution in [0.2, 0.25) is 0 Å². The van der Waals surface area contributed by atoms with Gasteiger partial charge in [0, 0.05) is 0 Å². The third-order valence-corrected chi connectivity index (χ3v) is 2.61. The molecule has 14 heavy (non-hydrogen) atoms. The summed E-state index contributed by atoms with van der Waals surface area (Å²) in [7, 11) is 0. The number of hydrogen-bond acceptors (Lipinski definition) is 0. The van der Waals surface area contributed by atoms with Crippen molar-refractivity contribution in [3.8, 4) is 0 Å². The van der Waals surface area contributed by atoms with Gasteiger partial charge in [-0.2, -0.15) is 0 Å². The van der Waals surface area contributed by atoms with Crippen molar-refractivity contribution in [1.82, 2.24) is 0 Å². The predicted molar refractivity (Wildman–Crippen MR) is 58.6 cm³/mol. The third-order valence-electron chi connectivity index (χ3n) is 2.61. The zero-order valence-corrected chi connectivity index (χ0v) is 9.12. The van der Waals surface area contributed by atoms with Crippen LogP contribution < -0.4 is 0 Å². The van der Waals surface area contributed by atoms with E-state index in [9.17, 15) is 5.11 Å². The molecule has 1 heteroatoms. The smallest absolute Gasteiger partial charge is 0.128 e. The Labute approximate surface area is 86.8 Å². The van der Waals surface area contributed by atoms with Crippen LogP contribution >= 0.6 is 0 Å². The fourth-order valence-electron chi connectivity index (χ4n) is 1.96. The van der Waals surface area contributed by atoms with Crippen LogP contribution in [0, 0.1) is 0 Å². The van der Waals surface area contributed by atoms with E-state index in [0.717, 1.165) is 31.2 Å². The van der Waals surface area contributed by atoms with Gasteiger partial charge in [0.05, 0.1) is 0 Å². The fourth-order valence-corrected chi connectivity index (χ4v) is 1.96. The van der Waals surface area contributed by atoms with Gasteiger partial charge in [-0.05, 0) is 18.4 Å². The molecule has 0 atom stereocenters. The molecule has 1 aromatic rings. The summed E-state index contributed by atoms with van der Waals surface area (Å²) >= 11 is 0. The summed E-state index contributed by atoms with van der Waals surface area (Å²) in [6, 6.07) is 9.78. The van der Waals surface area contributed by atoms with Crippen molar-refractivity contribution >= 4 is 0 Å². The van der Waals surface area contributed by atoms with Crippen molar-refractivity contribution in [3.05, 3.63) is 35.9 Å². The molecule has 0 aliphatic rings. The van der Waals surface area contributed by atoms with Crippen molar-refractivity contribution in [2.75, 3.05) is 0 Å². The lowest BCUT2D eigenvalue weighted by atomic mass is 9.85. The summed E-state index contributed by atoms with van der Waals surface area (Å²) in [5.74, 6) is 0. The van der Waals surface area contributed by atoms with Gasteiger partial charge < -0.3 is 0 Å². The first-order chi connectivity index (χ1) is 6.73. The molecular weight excluding hydrogens is 172 g/mol. The number of rotatable bonds is 5. The lowest BCUT2D eigenvalue weighted by Crippen LogP contribution is -2.23. The first-order valence-electron chi connectivity index (χ1n) is 5.49. The highest BCUT2D eigenvalue weighted by molar-refractivity contribution is 5.21. The third kappa shape index (κ3) is 2.58. The highest BCUT2D eigenvalue weighted by atomic mass is 16.3. The Balaban J connectivity index is 2.87. The van der Waals surface area contributed by atoms with Crippen molar-refractivity contribution in [3.63, 3.8) is 0 Å². The molecular formula is C13H19O. The van der Waals surface area contributed by atoms with Crippen LogP contribution in [-0.4, -0.2) is 0 Å². The average molecular weight is 191 g/mol. The Kier molecular flexibility index (Phi) is 4.15. The van der Waals surface area contributed by atoms with Gasteiger partial charge in [-0.25, -0.2) is 5.11 Å². The molecule has 0 spiro atoms. The zero-order chi connectivity index (χ0) is 10.4. The minimum absolute atomic E-state index is 0.741. The largest absolute Gasteiger partial charge is 0.224 e. The van der Waals surface area contributed by atoms with Crippen molar-refractivity contribution in [2.24, 2.45) is 0 Å². The predicted octanol–water partition coefficient (Wildman–Crippen LogP) is 3.91. The van der Waals surface area contributed by atoms with Gasteiger partial charge in [-0.15, -0.1) is 0 Å². The molecule has 0 N–H and O–H groups in total. The summed E-state index contributed by atoms with van der Waals surface area (Å²) in [6.45, 7) is 4.15. The molecule has 0 aliphatic heterocycles. The van der Waals surface area contributed by atoms with Gasteiger partial charge in [-0.3, -0.25) is 0 Å². The van der Waals surface area contributed by atoms with Crippen molar-refractivity contribution in [2.45, 2.75) is 45.1 Å². The van der Waals surface area contributed by atoms with E-state index in [4.69, 9.17) is 0 Å². The molecule has 0 unspecified atom stereocenters. The Morgan fingerprint density at radius 3 is 1.93 bits per heavy atom. The molecule has 0 fully saturated rings. The normalized spacial score (nSPS) is 11.6. The van der Waals surface area contributed by atoms with Crippen LogP contribution in [-0.2, 0) is 10.7 Å². The van der Waals surface area contributed by atoms with Crippen LogP contribution in [0.5, 0.6) is 0 Å². The topological polar surface area (TPSA) is 19.9 Å². The molecule has 0 aromatic heterocycles. The first kappa shape index (κ1) is 11.3. The Bertz CT molecular complexity index is 247. The highest BCUT2D eigenvalue weighted by Gasteiger charge is 2.28. The standard InChI is InChI=1S/C13H19O/c1-3-10-13(14,11-4-2)12-8-6-5-7-9-12/h5-9H,3-4,10-11H2,1-2H3. The second-order valence-corrected chi connectivity index (χ2v) is 3.86. The molecule has 77 valence electrons. The molecule has 0 amide bonds. The summed E-state index contributed by atoms with van der Waals surface area (Å²) < 4.78 is 0. The Hall–Kier alpha value is -0.820. The van der Waals surface area contributed by atoms with Crippen molar-refractivity contribution < 1.29 is 5.11 Å². The molecule has 0 saturated heterocycles. The molecule has 1 radical (unpaired) electrons. The minimum Gasteiger partial charge on any atom is -0.224 e. The van der Waals surface area contributed by atoms with Gasteiger partial charge in [0.1, 0.15) is 5.60 Å². The molecule has 1 nitrogen and oxygen atoms in total. The minimum atomic E-state index is -0.856. The van der Waals surface area contributed by atoms with Crippen LogP contribution in [0.3, 0.4) is 0 Å². The molecule has 0 bridgehead atoms. The zero-order valence-electron chi connectivity index (χ0n) is 9.12. The second kappa shape index (κ2) is 5.16. The van der Waals surface area contributed by atoms with E-state index in [1.165, 1.54) is 0 Å². The lowest BCUT2D eigenvalue weighted by molar-refractivity contribution is -0.0509. The van der Waals surface area contributed by atoms with Gasteiger partial charge in [-0.1, -0.05) is 57.0 Å². The van der Waals surface area contributed by atoms with E-state index in [-0.39, 0.29) is 0 Å². The molecule has 0 aliphatic carbocycles. The molecule has 0 saturated carbocycles. The quantitative estimate of drug-likeness (QED) is 0.672. The summed E-state index contributed by atoms with van der Waals surface area (Å²) in [5, 5.41) is 12.5. The molecule has 0 heterocycles. The van der Waals surface area contributed by atoms with Gasteiger partial charge in [0.25, 0.3) is 0 Å². The maximum atomic E-state index is 12.5. The van der Waals surface area contributed by atoms with Crippen molar-refractivity contribution in [1.29, 1.82) is 0 Å². The van der Waals surface area contributed by atoms with E-state index >= 15 is 0 Å². The SMILES string of the molecule is CCCC([O])(CCC)c1ccccc1. The van der Waals surface area contributed by atoms with E-state index in [0.29, 0.717) is 0 Å². The highest BCUT2D eigenvalue weighted by Crippen LogP contribution is 2.31. The lowest BCUT2D eigenvalue weighted by Gasteiger charge is -2.25. The summed E-state index contributed by atoms with van der Waals surface area (Å²) in [6.07, 6.45) is 3.40. The van der Waals surface area contributed by atoms with Crippen LogP contribution in [0.1, 0.15) is 45.1 Å². The molecule has 1 rings (SSSR count). The van der Waals surface area contributed by atoms with Crippen LogP contribution in [0.4, 0.5) is 0 Å². The fraction of sp³-hybridized carbons (Fsp3) is 0.538. The van der Waals surface area contributed by atoms with E-state index < -0.39 is 5.60 Å². The summed E-state index contributed by atoms with van der Waals surface area (Å²) in [4.78, 5) is 0. The number of benzene rings is 1. The maximum absolute atomic E-state index is 12.5. The van der Waals surface area contributed by atoms with E-state index in [1.54, 1.807) is 0 Å². The van der Waals surface area contributed by atoms with Gasteiger partial charge in [0.2, 0.25) is 0 Å². The number of hydrogen-bond donors (Lipinski definition) is 0.